The molecule has 1 heterocycles. The van der Waals surface area contributed by atoms with E-state index in [1.165, 1.54) is 30.7 Å². The van der Waals surface area contributed by atoms with Crippen molar-refractivity contribution in [3.05, 3.63) is 35.6 Å². The molecule has 1 aliphatic heterocycles. The van der Waals surface area contributed by atoms with Crippen LogP contribution in [0.1, 0.15) is 43.0 Å². The fraction of sp³-hybridized carbons (Fsp3) is 0.529. The molecule has 0 radical (unpaired) electrons. The third kappa shape index (κ3) is 4.37. The van der Waals surface area contributed by atoms with Crippen molar-refractivity contribution in [2.45, 2.75) is 38.6 Å². The number of likely N-dealkylation sites (tertiary alicyclic amines) is 1. The normalized spacial score (nSPS) is 20.5. The molecule has 1 N–H and O–H groups in total. The Balaban J connectivity index is 2.12. The average molecular weight is 307 g/mol. The van der Waals surface area contributed by atoms with Gasteiger partial charge in [-0.2, -0.15) is 0 Å². The van der Waals surface area contributed by atoms with Crippen LogP contribution in [0.3, 0.4) is 0 Å². The van der Waals surface area contributed by atoms with Crippen molar-refractivity contribution in [1.82, 2.24) is 4.90 Å². The molecule has 4 nitrogen and oxygen atoms in total. The number of Topliss-reactive ketones (excluding diaryl/α,β-unsaturated/α-hetero) is 1. The van der Waals surface area contributed by atoms with E-state index >= 15 is 0 Å². The zero-order valence-electron chi connectivity index (χ0n) is 12.8. The minimum atomic E-state index is -0.981. The molecule has 2 unspecified atom stereocenters. The highest BCUT2D eigenvalue weighted by molar-refractivity contribution is 5.99. The van der Waals surface area contributed by atoms with E-state index < -0.39 is 17.7 Å². The lowest BCUT2D eigenvalue weighted by molar-refractivity contribution is -0.138. The van der Waals surface area contributed by atoms with Crippen molar-refractivity contribution in [2.75, 3.05) is 13.1 Å². The Morgan fingerprint density at radius 2 is 2.00 bits per heavy atom. The zero-order chi connectivity index (χ0) is 16.1. The van der Waals surface area contributed by atoms with Crippen molar-refractivity contribution in [2.24, 2.45) is 5.92 Å². The van der Waals surface area contributed by atoms with E-state index in [1.807, 2.05) is 0 Å². The first-order valence-electron chi connectivity index (χ1n) is 7.73. The van der Waals surface area contributed by atoms with Gasteiger partial charge in [-0.05, 0) is 50.6 Å². The molecule has 0 spiro atoms. The van der Waals surface area contributed by atoms with Crippen molar-refractivity contribution in [3.8, 4) is 0 Å². The summed E-state index contributed by atoms with van der Waals surface area (Å²) in [7, 11) is 0. The van der Waals surface area contributed by atoms with Gasteiger partial charge in [-0.1, -0.05) is 6.42 Å². The van der Waals surface area contributed by atoms with Gasteiger partial charge in [-0.15, -0.1) is 0 Å². The van der Waals surface area contributed by atoms with Crippen LogP contribution < -0.4 is 0 Å². The summed E-state index contributed by atoms with van der Waals surface area (Å²) in [5.74, 6) is -2.20. The quantitative estimate of drug-likeness (QED) is 0.821. The van der Waals surface area contributed by atoms with Crippen LogP contribution >= 0.6 is 0 Å². The number of carbonyl (C=O) groups is 2. The first kappa shape index (κ1) is 16.6. The second-order valence-corrected chi connectivity index (χ2v) is 6.01. The number of ketones is 1. The summed E-state index contributed by atoms with van der Waals surface area (Å²) in [6, 6.07) is 5.67. The Kier molecular flexibility index (Phi) is 5.66. The molecule has 2 atom stereocenters. The molecule has 1 saturated heterocycles. The van der Waals surface area contributed by atoms with Crippen molar-refractivity contribution >= 4 is 11.8 Å². The molecule has 1 aliphatic rings. The maximum Gasteiger partial charge on any atom is 0.304 e. The van der Waals surface area contributed by atoms with Crippen LogP contribution in [0.25, 0.3) is 0 Å². The van der Waals surface area contributed by atoms with Crippen LogP contribution in [0.4, 0.5) is 4.39 Å². The number of hydrogen-bond donors (Lipinski definition) is 1. The van der Waals surface area contributed by atoms with E-state index in [0.29, 0.717) is 18.2 Å². The van der Waals surface area contributed by atoms with E-state index in [9.17, 15) is 14.0 Å². The number of rotatable bonds is 6. The highest BCUT2D eigenvalue weighted by Crippen LogP contribution is 2.21. The molecule has 2 rings (SSSR count). The molecular formula is C17H22FNO3. The number of carboxylic acid groups (broad SMARTS) is 1. The van der Waals surface area contributed by atoms with E-state index in [2.05, 4.69) is 11.8 Å². The van der Waals surface area contributed by atoms with Gasteiger partial charge in [0, 0.05) is 24.1 Å². The van der Waals surface area contributed by atoms with Gasteiger partial charge in [0.05, 0.1) is 6.42 Å². The molecular weight excluding hydrogens is 285 g/mol. The number of carbonyl (C=O) groups excluding carboxylic acids is 1. The first-order valence-corrected chi connectivity index (χ1v) is 7.73. The topological polar surface area (TPSA) is 57.6 Å². The van der Waals surface area contributed by atoms with Gasteiger partial charge in [0.2, 0.25) is 0 Å². The number of nitrogens with zero attached hydrogens (tertiary/aromatic N) is 1. The molecule has 1 aromatic carbocycles. The second kappa shape index (κ2) is 7.49. The number of hydrogen-bond acceptors (Lipinski definition) is 3. The van der Waals surface area contributed by atoms with E-state index in [1.54, 1.807) is 0 Å². The van der Waals surface area contributed by atoms with Gasteiger partial charge in [-0.3, -0.25) is 14.5 Å². The molecule has 1 fully saturated rings. The van der Waals surface area contributed by atoms with Crippen LogP contribution in [0, 0.1) is 11.7 Å². The fourth-order valence-corrected chi connectivity index (χ4v) is 3.01. The third-order valence-electron chi connectivity index (χ3n) is 4.32. The maximum absolute atomic E-state index is 13.0. The largest absolute Gasteiger partial charge is 0.481 e. The van der Waals surface area contributed by atoms with Crippen LogP contribution in [0.15, 0.2) is 24.3 Å². The summed E-state index contributed by atoms with van der Waals surface area (Å²) in [5, 5.41) is 9.09. The Labute approximate surface area is 129 Å². The smallest absolute Gasteiger partial charge is 0.304 e. The minimum absolute atomic E-state index is 0.195. The predicted octanol–water partition coefficient (Wildman–Crippen LogP) is 2.97. The van der Waals surface area contributed by atoms with Crippen LogP contribution in [0.2, 0.25) is 0 Å². The van der Waals surface area contributed by atoms with Gasteiger partial charge < -0.3 is 5.11 Å². The Bertz CT molecular complexity index is 529. The van der Waals surface area contributed by atoms with Crippen molar-refractivity contribution < 1.29 is 19.1 Å². The number of aliphatic carboxylic acids is 1. The summed E-state index contributed by atoms with van der Waals surface area (Å²) in [4.78, 5) is 25.8. The zero-order valence-corrected chi connectivity index (χ0v) is 12.8. The van der Waals surface area contributed by atoms with Crippen LogP contribution in [-0.2, 0) is 4.79 Å². The summed E-state index contributed by atoms with van der Waals surface area (Å²) >= 11 is 0. The second-order valence-electron chi connectivity index (χ2n) is 6.01. The molecule has 1 aromatic rings. The lowest BCUT2D eigenvalue weighted by Crippen LogP contribution is -2.42. The average Bonchev–Trinajstić information content (AvgIpc) is 2.48. The monoisotopic (exact) mass is 307 g/mol. The number of halogens is 1. The summed E-state index contributed by atoms with van der Waals surface area (Å²) in [5.41, 5.74) is 0.373. The van der Waals surface area contributed by atoms with Gasteiger partial charge in [-0.25, -0.2) is 4.39 Å². The van der Waals surface area contributed by atoms with E-state index in [4.69, 9.17) is 5.11 Å². The van der Waals surface area contributed by atoms with Crippen LogP contribution in [-0.4, -0.2) is 40.9 Å². The third-order valence-corrected chi connectivity index (χ3v) is 4.32. The van der Waals surface area contributed by atoms with E-state index in [0.717, 1.165) is 19.4 Å². The first-order chi connectivity index (χ1) is 10.5. The molecule has 22 heavy (non-hydrogen) atoms. The fourth-order valence-electron chi connectivity index (χ4n) is 3.01. The van der Waals surface area contributed by atoms with Gasteiger partial charge in [0.15, 0.2) is 5.78 Å². The number of carboxylic acids is 1. The lowest BCUT2D eigenvalue weighted by atomic mass is 9.92. The highest BCUT2D eigenvalue weighted by atomic mass is 19.1. The predicted molar refractivity (Wildman–Crippen MR) is 81.4 cm³/mol. The summed E-state index contributed by atoms with van der Waals surface area (Å²) in [6.45, 7) is 3.46. The van der Waals surface area contributed by atoms with E-state index in [-0.39, 0.29) is 12.2 Å². The molecule has 0 bridgehead atoms. The maximum atomic E-state index is 13.0. The lowest BCUT2D eigenvalue weighted by Gasteiger charge is -2.35. The Morgan fingerprint density at radius 1 is 1.32 bits per heavy atom. The molecule has 0 saturated carbocycles. The van der Waals surface area contributed by atoms with Crippen LogP contribution in [0.5, 0.6) is 0 Å². The summed E-state index contributed by atoms with van der Waals surface area (Å²) in [6.07, 6.45) is 3.13. The standard InChI is InChI=1S/C17H22FNO3/c1-12-4-2-3-9-19(12)11-14(10-16(20)21)17(22)13-5-7-15(18)8-6-13/h5-8,12,14H,2-4,9-11H2,1H3,(H,20,21). The Morgan fingerprint density at radius 3 is 2.59 bits per heavy atom. The molecule has 5 heteroatoms. The van der Waals surface area contributed by atoms with Gasteiger partial charge in [0.25, 0.3) is 0 Å². The number of piperidine rings is 1. The molecule has 0 aliphatic carbocycles. The Hall–Kier alpha value is -1.75. The molecule has 120 valence electrons. The van der Waals surface area contributed by atoms with Gasteiger partial charge >= 0.3 is 5.97 Å². The minimum Gasteiger partial charge on any atom is -0.481 e. The molecule has 0 aromatic heterocycles. The van der Waals surface area contributed by atoms with Gasteiger partial charge in [0.1, 0.15) is 5.82 Å². The summed E-state index contributed by atoms with van der Waals surface area (Å²) < 4.78 is 13.0. The van der Waals surface area contributed by atoms with Crippen molar-refractivity contribution in [3.63, 3.8) is 0 Å². The molecule has 0 amide bonds. The van der Waals surface area contributed by atoms with Crippen molar-refractivity contribution in [1.29, 1.82) is 0 Å². The highest BCUT2D eigenvalue weighted by Gasteiger charge is 2.28. The SMILES string of the molecule is CC1CCCCN1CC(CC(=O)O)C(=O)c1ccc(F)cc1. The number of benzene rings is 1.